The average molecular weight is 264 g/mol. The fourth-order valence-electron chi connectivity index (χ4n) is 1.70. The highest BCUT2D eigenvalue weighted by atomic mass is 35.5. The quantitative estimate of drug-likeness (QED) is 0.844. The molecule has 0 saturated heterocycles. The lowest BCUT2D eigenvalue weighted by Gasteiger charge is -2.10. The molecule has 0 spiro atoms. The standard InChI is InChI=1S/C13H14ClN3O/c1-7-4-8(2)6-10(5-7)18-13-11(15)12(14)16-9(3)17-13/h4-6H,15H2,1-3H3. The van der Waals surface area contributed by atoms with E-state index in [0.717, 1.165) is 11.1 Å². The first-order valence-corrected chi connectivity index (χ1v) is 5.89. The summed E-state index contributed by atoms with van der Waals surface area (Å²) in [5, 5.41) is 0.210. The molecule has 1 aromatic carbocycles. The molecule has 0 aliphatic rings. The smallest absolute Gasteiger partial charge is 0.247 e. The normalized spacial score (nSPS) is 10.4. The molecule has 0 bridgehead atoms. The summed E-state index contributed by atoms with van der Waals surface area (Å²) in [5.74, 6) is 1.50. The van der Waals surface area contributed by atoms with Crippen molar-refractivity contribution in [3.63, 3.8) is 0 Å². The van der Waals surface area contributed by atoms with Crippen LogP contribution in [0.1, 0.15) is 17.0 Å². The summed E-state index contributed by atoms with van der Waals surface area (Å²) < 4.78 is 5.67. The van der Waals surface area contributed by atoms with Crippen LogP contribution in [0.25, 0.3) is 0 Å². The second-order valence-corrected chi connectivity index (χ2v) is 4.56. The molecule has 18 heavy (non-hydrogen) atoms. The zero-order chi connectivity index (χ0) is 13.3. The molecule has 0 unspecified atom stereocenters. The van der Waals surface area contributed by atoms with Gasteiger partial charge in [0.25, 0.3) is 0 Å². The van der Waals surface area contributed by atoms with Crippen LogP contribution >= 0.6 is 11.6 Å². The Morgan fingerprint density at radius 3 is 2.28 bits per heavy atom. The monoisotopic (exact) mass is 263 g/mol. The Labute approximate surface area is 111 Å². The third kappa shape index (κ3) is 2.71. The van der Waals surface area contributed by atoms with Crippen LogP contribution < -0.4 is 10.5 Å². The molecule has 0 amide bonds. The molecule has 0 aliphatic carbocycles. The number of nitrogens with zero attached hydrogens (tertiary/aromatic N) is 2. The van der Waals surface area contributed by atoms with E-state index in [1.807, 2.05) is 26.0 Å². The first-order chi connectivity index (χ1) is 8.45. The van der Waals surface area contributed by atoms with Gasteiger partial charge in [-0.2, -0.15) is 4.98 Å². The van der Waals surface area contributed by atoms with E-state index in [2.05, 4.69) is 16.0 Å². The maximum absolute atomic E-state index is 5.89. The second-order valence-electron chi connectivity index (χ2n) is 4.21. The number of aromatic nitrogens is 2. The maximum Gasteiger partial charge on any atom is 0.247 e. The predicted molar refractivity (Wildman–Crippen MR) is 72.2 cm³/mol. The van der Waals surface area contributed by atoms with Gasteiger partial charge in [0.2, 0.25) is 5.88 Å². The van der Waals surface area contributed by atoms with Crippen molar-refractivity contribution in [2.24, 2.45) is 0 Å². The Balaban J connectivity index is 2.39. The van der Waals surface area contributed by atoms with Gasteiger partial charge in [-0.3, -0.25) is 0 Å². The van der Waals surface area contributed by atoms with Crippen LogP contribution in [0.15, 0.2) is 18.2 Å². The number of nitrogen functional groups attached to an aromatic ring is 1. The predicted octanol–water partition coefficient (Wildman–Crippen LogP) is 3.43. The molecular weight excluding hydrogens is 250 g/mol. The third-order valence-corrected chi connectivity index (χ3v) is 2.67. The molecule has 4 nitrogen and oxygen atoms in total. The van der Waals surface area contributed by atoms with Crippen molar-refractivity contribution in [2.45, 2.75) is 20.8 Å². The largest absolute Gasteiger partial charge is 0.437 e. The number of halogens is 1. The lowest BCUT2D eigenvalue weighted by Crippen LogP contribution is -2.00. The molecule has 0 aliphatic heterocycles. The number of hydrogen-bond donors (Lipinski definition) is 1. The Kier molecular flexibility index (Phi) is 3.39. The zero-order valence-corrected chi connectivity index (χ0v) is 11.2. The second kappa shape index (κ2) is 4.82. The average Bonchev–Trinajstić information content (AvgIpc) is 2.23. The number of ether oxygens (including phenoxy) is 1. The zero-order valence-electron chi connectivity index (χ0n) is 10.5. The fraction of sp³-hybridized carbons (Fsp3) is 0.231. The number of aryl methyl sites for hydroxylation is 3. The number of hydrogen-bond acceptors (Lipinski definition) is 4. The van der Waals surface area contributed by atoms with Crippen LogP contribution in [0.3, 0.4) is 0 Å². The van der Waals surface area contributed by atoms with Crippen LogP contribution in [0.5, 0.6) is 11.6 Å². The molecule has 2 N–H and O–H groups in total. The van der Waals surface area contributed by atoms with Crippen molar-refractivity contribution in [2.75, 3.05) is 5.73 Å². The Hall–Kier alpha value is -1.81. The number of benzene rings is 1. The van der Waals surface area contributed by atoms with Gasteiger partial charge in [0.1, 0.15) is 17.3 Å². The van der Waals surface area contributed by atoms with E-state index >= 15 is 0 Å². The number of rotatable bonds is 2. The van der Waals surface area contributed by atoms with Crippen LogP contribution in [-0.4, -0.2) is 9.97 Å². The highest BCUT2D eigenvalue weighted by molar-refractivity contribution is 6.32. The lowest BCUT2D eigenvalue weighted by molar-refractivity contribution is 0.462. The molecule has 2 rings (SSSR count). The summed E-state index contributed by atoms with van der Waals surface area (Å²) in [7, 11) is 0. The van der Waals surface area contributed by atoms with E-state index in [1.54, 1.807) is 6.92 Å². The summed E-state index contributed by atoms with van der Waals surface area (Å²) in [5.41, 5.74) is 8.27. The molecule has 0 saturated carbocycles. The van der Waals surface area contributed by atoms with Crippen molar-refractivity contribution >= 4 is 17.3 Å². The van der Waals surface area contributed by atoms with Gasteiger partial charge >= 0.3 is 0 Å². The molecular formula is C13H14ClN3O. The van der Waals surface area contributed by atoms with E-state index in [9.17, 15) is 0 Å². The van der Waals surface area contributed by atoms with Gasteiger partial charge in [-0.05, 0) is 44.0 Å². The van der Waals surface area contributed by atoms with Crippen LogP contribution in [0.2, 0.25) is 5.15 Å². The van der Waals surface area contributed by atoms with Crippen molar-refractivity contribution in [3.8, 4) is 11.6 Å². The summed E-state index contributed by atoms with van der Waals surface area (Å²) in [4.78, 5) is 8.11. The van der Waals surface area contributed by atoms with E-state index in [-0.39, 0.29) is 16.7 Å². The molecule has 2 aromatic rings. The van der Waals surface area contributed by atoms with Crippen LogP contribution in [0, 0.1) is 20.8 Å². The fourth-order valence-corrected chi connectivity index (χ4v) is 1.91. The van der Waals surface area contributed by atoms with E-state index in [0.29, 0.717) is 11.6 Å². The van der Waals surface area contributed by atoms with Gasteiger partial charge in [-0.25, -0.2) is 4.98 Å². The van der Waals surface area contributed by atoms with E-state index in [1.165, 1.54) is 0 Å². The van der Waals surface area contributed by atoms with Gasteiger partial charge in [-0.1, -0.05) is 17.7 Å². The summed E-state index contributed by atoms with van der Waals surface area (Å²) in [6.45, 7) is 5.74. The summed E-state index contributed by atoms with van der Waals surface area (Å²) >= 11 is 5.89. The minimum absolute atomic E-state index is 0.210. The van der Waals surface area contributed by atoms with Gasteiger partial charge in [0.15, 0.2) is 5.15 Å². The Morgan fingerprint density at radius 1 is 1.06 bits per heavy atom. The van der Waals surface area contributed by atoms with E-state index < -0.39 is 0 Å². The lowest BCUT2D eigenvalue weighted by atomic mass is 10.1. The SMILES string of the molecule is Cc1cc(C)cc(Oc2nc(C)nc(Cl)c2N)c1. The molecule has 5 heteroatoms. The van der Waals surface area contributed by atoms with Crippen LogP contribution in [-0.2, 0) is 0 Å². The van der Waals surface area contributed by atoms with Crippen molar-refractivity contribution in [1.82, 2.24) is 9.97 Å². The van der Waals surface area contributed by atoms with E-state index in [4.69, 9.17) is 22.1 Å². The molecule has 0 atom stereocenters. The molecule has 1 heterocycles. The highest BCUT2D eigenvalue weighted by Gasteiger charge is 2.11. The summed E-state index contributed by atoms with van der Waals surface area (Å²) in [6.07, 6.45) is 0. The van der Waals surface area contributed by atoms with Gasteiger partial charge in [0, 0.05) is 0 Å². The third-order valence-electron chi connectivity index (χ3n) is 2.39. The molecule has 0 radical (unpaired) electrons. The summed E-state index contributed by atoms with van der Waals surface area (Å²) in [6, 6.07) is 5.89. The van der Waals surface area contributed by atoms with Gasteiger partial charge < -0.3 is 10.5 Å². The first-order valence-electron chi connectivity index (χ1n) is 5.51. The van der Waals surface area contributed by atoms with Crippen molar-refractivity contribution < 1.29 is 4.74 Å². The first kappa shape index (κ1) is 12.6. The number of nitrogens with two attached hydrogens (primary N) is 1. The van der Waals surface area contributed by atoms with Gasteiger partial charge in [0.05, 0.1) is 0 Å². The van der Waals surface area contributed by atoms with Crippen LogP contribution in [0.4, 0.5) is 5.69 Å². The van der Waals surface area contributed by atoms with Crippen molar-refractivity contribution in [1.29, 1.82) is 0 Å². The number of anilines is 1. The molecule has 0 fully saturated rings. The maximum atomic E-state index is 5.89. The Morgan fingerprint density at radius 2 is 1.67 bits per heavy atom. The topological polar surface area (TPSA) is 61.0 Å². The van der Waals surface area contributed by atoms with Crippen molar-refractivity contribution in [3.05, 3.63) is 40.3 Å². The van der Waals surface area contributed by atoms with Gasteiger partial charge in [-0.15, -0.1) is 0 Å². The minimum atomic E-state index is 0.210. The molecule has 94 valence electrons. The molecule has 1 aromatic heterocycles. The minimum Gasteiger partial charge on any atom is -0.437 e. The Bertz CT molecular complexity index is 579. The highest BCUT2D eigenvalue weighted by Crippen LogP contribution is 2.30.